The summed E-state index contributed by atoms with van der Waals surface area (Å²) < 4.78 is 14.9. The Morgan fingerprint density at radius 1 is 0.526 bits per heavy atom. The van der Waals surface area contributed by atoms with E-state index in [1.54, 1.807) is 18.7 Å². The number of hydrogen-bond acceptors (Lipinski definition) is 5. The molecule has 8 aromatic rings. The minimum Gasteiger partial charge on any atom is -0.310 e. The van der Waals surface area contributed by atoms with E-state index in [2.05, 4.69) is 73.4 Å². The molecule has 0 saturated heterocycles. The Balaban J connectivity index is 1.47. The molecule has 0 aliphatic heterocycles. The lowest BCUT2D eigenvalue weighted by Gasteiger charge is -2.28. The van der Waals surface area contributed by atoms with Crippen molar-refractivity contribution in [2.24, 2.45) is 0 Å². The Hall–Kier alpha value is -5.23. The van der Waals surface area contributed by atoms with Gasteiger partial charge in [-0.05, 0) is 64.7 Å². The molecule has 0 fully saturated rings. The Morgan fingerprint density at radius 3 is 1.74 bits per heavy atom. The highest BCUT2D eigenvalue weighted by Crippen LogP contribution is 2.44. The van der Waals surface area contributed by atoms with E-state index in [0.717, 1.165) is 65.8 Å². The summed E-state index contributed by atoms with van der Waals surface area (Å²) in [7, 11) is 0. The molecule has 8 rings (SSSR count). The Kier molecular flexibility index (Phi) is 4.34. The van der Waals surface area contributed by atoms with Crippen molar-refractivity contribution in [3.05, 3.63) is 116 Å². The van der Waals surface area contributed by atoms with Crippen LogP contribution in [0.2, 0.25) is 0 Å². The van der Waals surface area contributed by atoms with Crippen molar-refractivity contribution in [3.8, 4) is 0 Å². The second-order valence-corrected chi connectivity index (χ2v) is 9.42. The molecule has 178 valence electrons. The van der Waals surface area contributed by atoms with Crippen LogP contribution in [-0.2, 0) is 0 Å². The first-order valence-corrected chi connectivity index (χ1v) is 12.3. The van der Waals surface area contributed by atoms with Crippen LogP contribution >= 0.6 is 0 Å². The molecule has 6 aromatic carbocycles. The van der Waals surface area contributed by atoms with Crippen LogP contribution in [0.4, 0.5) is 21.5 Å². The number of nitrogens with zero attached hydrogens (tertiary/aromatic N) is 5. The second kappa shape index (κ2) is 7.88. The van der Waals surface area contributed by atoms with Crippen molar-refractivity contribution in [1.29, 1.82) is 0 Å². The first-order valence-electron chi connectivity index (χ1n) is 12.3. The fourth-order valence-corrected chi connectivity index (χ4v) is 5.59. The monoisotopic (exact) mass is 491 g/mol. The first-order chi connectivity index (χ1) is 18.7. The van der Waals surface area contributed by atoms with E-state index in [4.69, 9.17) is 0 Å². The summed E-state index contributed by atoms with van der Waals surface area (Å²) in [6.45, 7) is 0. The highest BCUT2D eigenvalue weighted by Gasteiger charge is 2.20. The maximum atomic E-state index is 14.9. The van der Waals surface area contributed by atoms with Crippen molar-refractivity contribution in [2.45, 2.75) is 0 Å². The molecule has 0 radical (unpaired) electrons. The van der Waals surface area contributed by atoms with Gasteiger partial charge in [0.25, 0.3) is 0 Å². The molecule has 0 bridgehead atoms. The summed E-state index contributed by atoms with van der Waals surface area (Å²) in [5, 5.41) is 7.66. The zero-order valence-electron chi connectivity index (χ0n) is 20.0. The molecule has 0 saturated carbocycles. The Labute approximate surface area is 216 Å². The molecule has 0 atom stereocenters. The summed E-state index contributed by atoms with van der Waals surface area (Å²) >= 11 is 0. The predicted octanol–water partition coefficient (Wildman–Crippen LogP) is 8.08. The average molecular weight is 492 g/mol. The van der Waals surface area contributed by atoms with E-state index in [1.165, 1.54) is 0 Å². The molecule has 0 amide bonds. The van der Waals surface area contributed by atoms with Gasteiger partial charge in [-0.3, -0.25) is 0 Å². The third kappa shape index (κ3) is 3.04. The minimum atomic E-state index is -0.210. The van der Waals surface area contributed by atoms with Crippen molar-refractivity contribution >= 4 is 71.2 Å². The maximum absolute atomic E-state index is 14.9. The maximum Gasteiger partial charge on any atom is 0.131 e. The van der Waals surface area contributed by atoms with Crippen LogP contribution in [0, 0.1) is 5.82 Å². The molecular formula is C32H18FN5. The third-order valence-electron chi connectivity index (χ3n) is 7.32. The van der Waals surface area contributed by atoms with Crippen LogP contribution in [-0.4, -0.2) is 19.9 Å². The van der Waals surface area contributed by atoms with Gasteiger partial charge in [0.1, 0.15) is 18.5 Å². The van der Waals surface area contributed by atoms with E-state index >= 15 is 0 Å². The smallest absolute Gasteiger partial charge is 0.131 e. The van der Waals surface area contributed by atoms with Gasteiger partial charge in [0.15, 0.2) is 0 Å². The van der Waals surface area contributed by atoms with Gasteiger partial charge in [-0.2, -0.15) is 0 Å². The van der Waals surface area contributed by atoms with E-state index in [0.29, 0.717) is 5.39 Å². The second-order valence-electron chi connectivity index (χ2n) is 9.42. The molecule has 0 aliphatic carbocycles. The summed E-state index contributed by atoms with van der Waals surface area (Å²) in [4.78, 5) is 19.5. The van der Waals surface area contributed by atoms with Gasteiger partial charge in [-0.25, -0.2) is 24.3 Å². The first kappa shape index (κ1) is 20.9. The lowest BCUT2D eigenvalue weighted by atomic mass is 9.92. The fraction of sp³-hybridized carbons (Fsp3) is 0. The van der Waals surface area contributed by atoms with Gasteiger partial charge >= 0.3 is 0 Å². The number of rotatable bonds is 3. The van der Waals surface area contributed by atoms with Crippen LogP contribution in [0.5, 0.6) is 0 Å². The van der Waals surface area contributed by atoms with E-state index in [9.17, 15) is 4.39 Å². The van der Waals surface area contributed by atoms with Crippen molar-refractivity contribution < 1.29 is 4.39 Å². The zero-order chi connectivity index (χ0) is 25.2. The fourth-order valence-electron chi connectivity index (χ4n) is 5.59. The van der Waals surface area contributed by atoms with Crippen LogP contribution < -0.4 is 4.90 Å². The van der Waals surface area contributed by atoms with Gasteiger partial charge in [0, 0.05) is 50.7 Å². The van der Waals surface area contributed by atoms with Crippen LogP contribution in [0.25, 0.3) is 54.1 Å². The topological polar surface area (TPSA) is 54.8 Å². The van der Waals surface area contributed by atoms with Gasteiger partial charge in [-0.1, -0.05) is 36.4 Å². The lowest BCUT2D eigenvalue weighted by Crippen LogP contribution is -2.11. The number of fused-ring (bicyclic) bond motifs is 2. The molecule has 5 nitrogen and oxygen atoms in total. The summed E-state index contributed by atoms with van der Waals surface area (Å²) in [5.41, 5.74) is 4.67. The number of anilines is 3. The number of benzene rings is 6. The van der Waals surface area contributed by atoms with Crippen LogP contribution in [0.3, 0.4) is 0 Å². The van der Waals surface area contributed by atoms with Crippen molar-refractivity contribution in [3.63, 3.8) is 0 Å². The Bertz CT molecular complexity index is 2100. The zero-order valence-corrected chi connectivity index (χ0v) is 20.0. The molecule has 2 heterocycles. The average Bonchev–Trinajstić information content (AvgIpc) is 2.97. The Morgan fingerprint density at radius 2 is 1.08 bits per heavy atom. The normalized spacial score (nSPS) is 11.8. The number of hydrogen-bond donors (Lipinski definition) is 0. The molecule has 0 aliphatic rings. The molecule has 38 heavy (non-hydrogen) atoms. The SMILES string of the molecule is Fc1ccc2ccc3c(N(c4ccc5ncncc5c4)c4ccc5ncncc5c4)ccc4ccc1c2c43. The van der Waals surface area contributed by atoms with Gasteiger partial charge in [0.05, 0.1) is 16.7 Å². The largest absolute Gasteiger partial charge is 0.310 e. The number of halogens is 1. The lowest BCUT2D eigenvalue weighted by molar-refractivity contribution is 0.640. The van der Waals surface area contributed by atoms with Gasteiger partial charge in [-0.15, -0.1) is 0 Å². The quantitative estimate of drug-likeness (QED) is 0.234. The molecule has 0 N–H and O–H groups in total. The van der Waals surface area contributed by atoms with Crippen LogP contribution in [0.1, 0.15) is 0 Å². The third-order valence-corrected chi connectivity index (χ3v) is 7.32. The highest BCUT2D eigenvalue weighted by molar-refractivity contribution is 6.26. The van der Waals surface area contributed by atoms with E-state index < -0.39 is 0 Å². The minimum absolute atomic E-state index is 0.210. The van der Waals surface area contributed by atoms with E-state index in [-0.39, 0.29) is 5.82 Å². The van der Waals surface area contributed by atoms with Crippen molar-refractivity contribution in [2.75, 3.05) is 4.90 Å². The molecule has 0 spiro atoms. The molecule has 6 heteroatoms. The van der Waals surface area contributed by atoms with Crippen LogP contribution in [0.15, 0.2) is 110 Å². The predicted molar refractivity (Wildman–Crippen MR) is 151 cm³/mol. The van der Waals surface area contributed by atoms with Gasteiger partial charge in [0.2, 0.25) is 0 Å². The number of aromatic nitrogens is 4. The summed E-state index contributed by atoms with van der Waals surface area (Å²) in [5.74, 6) is -0.210. The standard InChI is InChI=1S/C32H18FN5/c33-27-9-3-19-2-8-26-30(12-4-20-1-7-25(27)31(19)32(20)26)38(23-5-10-28-21(13-23)15-34-17-36-28)24-6-11-29-22(14-24)16-35-18-37-29/h1-18H. The summed E-state index contributed by atoms with van der Waals surface area (Å²) in [6.07, 6.45) is 6.77. The molecule has 0 unspecified atom stereocenters. The van der Waals surface area contributed by atoms with E-state index in [1.807, 2.05) is 42.7 Å². The van der Waals surface area contributed by atoms with Crippen molar-refractivity contribution in [1.82, 2.24) is 19.9 Å². The van der Waals surface area contributed by atoms with Gasteiger partial charge < -0.3 is 4.90 Å². The highest BCUT2D eigenvalue weighted by atomic mass is 19.1. The molecule has 2 aromatic heterocycles. The molecular weight excluding hydrogens is 473 g/mol. The summed E-state index contributed by atoms with van der Waals surface area (Å²) in [6, 6.07) is 28.1.